The van der Waals surface area contributed by atoms with Crippen molar-refractivity contribution in [2.75, 3.05) is 23.3 Å². The number of anilines is 3. The van der Waals surface area contributed by atoms with Crippen LogP contribution >= 0.6 is 11.6 Å². The molecule has 136 valence electrons. The van der Waals surface area contributed by atoms with E-state index in [0.29, 0.717) is 11.0 Å². The van der Waals surface area contributed by atoms with Gasteiger partial charge >= 0.3 is 0 Å². The SMILES string of the molecule is C[C@@H]1CN(c2nc(Nc3ccc(Cl)cc3)c3cnn(C)c3n2)C[C@@H](C)O1. The van der Waals surface area contributed by atoms with E-state index >= 15 is 0 Å². The fourth-order valence-electron chi connectivity index (χ4n) is 3.26. The van der Waals surface area contributed by atoms with E-state index in [2.05, 4.69) is 29.2 Å². The van der Waals surface area contributed by atoms with Crippen molar-refractivity contribution < 1.29 is 4.74 Å². The zero-order valence-electron chi connectivity index (χ0n) is 15.0. The monoisotopic (exact) mass is 372 g/mol. The Morgan fingerprint density at radius 3 is 2.50 bits per heavy atom. The molecule has 4 rings (SSSR count). The van der Waals surface area contributed by atoms with Crippen molar-refractivity contribution in [3.05, 3.63) is 35.5 Å². The first kappa shape index (κ1) is 17.1. The van der Waals surface area contributed by atoms with E-state index in [0.717, 1.165) is 35.6 Å². The summed E-state index contributed by atoms with van der Waals surface area (Å²) in [5, 5.41) is 9.28. The number of nitrogens with one attached hydrogen (secondary N) is 1. The van der Waals surface area contributed by atoms with Crippen LogP contribution in [0.5, 0.6) is 0 Å². The van der Waals surface area contributed by atoms with Crippen LogP contribution in [0.15, 0.2) is 30.5 Å². The quantitative estimate of drug-likeness (QED) is 0.760. The molecule has 0 unspecified atom stereocenters. The van der Waals surface area contributed by atoms with E-state index < -0.39 is 0 Å². The summed E-state index contributed by atoms with van der Waals surface area (Å²) in [7, 11) is 1.88. The summed E-state index contributed by atoms with van der Waals surface area (Å²) >= 11 is 5.98. The maximum Gasteiger partial charge on any atom is 0.229 e. The molecule has 7 nitrogen and oxygen atoms in total. The zero-order chi connectivity index (χ0) is 18.3. The molecule has 1 fully saturated rings. The molecule has 1 N–H and O–H groups in total. The number of hydrogen-bond acceptors (Lipinski definition) is 6. The fraction of sp³-hybridized carbons (Fsp3) is 0.389. The highest BCUT2D eigenvalue weighted by molar-refractivity contribution is 6.30. The summed E-state index contributed by atoms with van der Waals surface area (Å²) in [6.45, 7) is 5.65. The Hall–Kier alpha value is -2.38. The van der Waals surface area contributed by atoms with Crippen LogP contribution in [-0.2, 0) is 11.8 Å². The maximum atomic E-state index is 5.98. The highest BCUT2D eigenvalue weighted by Crippen LogP contribution is 2.27. The number of halogens is 1. The average Bonchev–Trinajstić information content (AvgIpc) is 2.97. The largest absolute Gasteiger partial charge is 0.372 e. The summed E-state index contributed by atoms with van der Waals surface area (Å²) in [6.07, 6.45) is 2.05. The lowest BCUT2D eigenvalue weighted by molar-refractivity contribution is -0.00569. The fourth-order valence-corrected chi connectivity index (χ4v) is 3.38. The number of nitrogens with zero attached hydrogens (tertiary/aromatic N) is 5. The van der Waals surface area contributed by atoms with Gasteiger partial charge in [-0.25, -0.2) is 0 Å². The van der Waals surface area contributed by atoms with Crippen LogP contribution in [0, 0.1) is 0 Å². The van der Waals surface area contributed by atoms with Crippen molar-refractivity contribution >= 4 is 40.1 Å². The van der Waals surface area contributed by atoms with E-state index in [-0.39, 0.29) is 12.2 Å². The molecule has 2 atom stereocenters. The lowest BCUT2D eigenvalue weighted by atomic mass is 10.2. The molecule has 0 bridgehead atoms. The first-order chi connectivity index (χ1) is 12.5. The topological polar surface area (TPSA) is 68.1 Å². The third kappa shape index (κ3) is 3.32. The van der Waals surface area contributed by atoms with E-state index in [1.165, 1.54) is 0 Å². The Morgan fingerprint density at radius 1 is 1.12 bits per heavy atom. The zero-order valence-corrected chi connectivity index (χ0v) is 15.7. The van der Waals surface area contributed by atoms with E-state index in [1.54, 1.807) is 10.9 Å². The van der Waals surface area contributed by atoms with Gasteiger partial charge in [-0.2, -0.15) is 15.1 Å². The van der Waals surface area contributed by atoms with Crippen LogP contribution in [0.3, 0.4) is 0 Å². The number of fused-ring (bicyclic) bond motifs is 1. The Labute approximate surface area is 156 Å². The van der Waals surface area contributed by atoms with Crippen LogP contribution in [-0.4, -0.2) is 45.0 Å². The molecule has 0 aliphatic carbocycles. The second kappa shape index (κ2) is 6.74. The van der Waals surface area contributed by atoms with Gasteiger partial charge in [-0.1, -0.05) is 11.6 Å². The van der Waals surface area contributed by atoms with Crippen molar-refractivity contribution in [2.24, 2.45) is 7.05 Å². The van der Waals surface area contributed by atoms with Crippen LogP contribution < -0.4 is 10.2 Å². The van der Waals surface area contributed by atoms with Crippen LogP contribution in [0.25, 0.3) is 11.0 Å². The summed E-state index contributed by atoms with van der Waals surface area (Å²) in [5.41, 5.74) is 1.70. The molecule has 1 saturated heterocycles. The molecule has 0 amide bonds. The van der Waals surface area contributed by atoms with Gasteiger partial charge < -0.3 is 15.0 Å². The van der Waals surface area contributed by atoms with E-state index in [9.17, 15) is 0 Å². The molecule has 8 heteroatoms. The van der Waals surface area contributed by atoms with E-state index in [1.807, 2.05) is 31.3 Å². The number of benzene rings is 1. The standard InChI is InChI=1S/C18H21ClN6O/c1-11-9-25(10-12(2)26-11)18-22-16(15-8-20-24(3)17(15)23-18)21-14-6-4-13(19)5-7-14/h4-8,11-12H,9-10H2,1-3H3,(H,21,22,23)/t11-,12-/m1/s1. The number of morpholine rings is 1. The van der Waals surface area contributed by atoms with Gasteiger partial charge in [0, 0.05) is 30.8 Å². The molecular weight excluding hydrogens is 352 g/mol. The van der Waals surface area contributed by atoms with Crippen LogP contribution in [0.4, 0.5) is 17.5 Å². The van der Waals surface area contributed by atoms with Crippen molar-refractivity contribution in [3.8, 4) is 0 Å². The number of hydrogen-bond donors (Lipinski definition) is 1. The molecule has 3 heterocycles. The Balaban J connectivity index is 1.75. The second-order valence-electron chi connectivity index (χ2n) is 6.67. The summed E-state index contributed by atoms with van der Waals surface area (Å²) in [6, 6.07) is 7.53. The normalized spacial score (nSPS) is 20.5. The number of ether oxygens (including phenoxy) is 1. The Bertz CT molecular complexity index is 915. The predicted octanol–water partition coefficient (Wildman–Crippen LogP) is 3.37. The van der Waals surface area contributed by atoms with Gasteiger partial charge in [-0.05, 0) is 38.1 Å². The third-order valence-electron chi connectivity index (χ3n) is 4.39. The third-order valence-corrected chi connectivity index (χ3v) is 4.64. The lowest BCUT2D eigenvalue weighted by Gasteiger charge is -2.35. The molecular formula is C18H21ClN6O. The summed E-state index contributed by atoms with van der Waals surface area (Å²) < 4.78 is 7.59. The molecule has 0 spiro atoms. The second-order valence-corrected chi connectivity index (χ2v) is 7.11. The molecule has 0 saturated carbocycles. The molecule has 1 aliphatic rings. The molecule has 1 aliphatic heterocycles. The summed E-state index contributed by atoms with van der Waals surface area (Å²) in [4.78, 5) is 11.7. The predicted molar refractivity (Wildman–Crippen MR) is 103 cm³/mol. The Morgan fingerprint density at radius 2 is 1.81 bits per heavy atom. The van der Waals surface area contributed by atoms with Gasteiger partial charge in [0.2, 0.25) is 5.95 Å². The highest BCUT2D eigenvalue weighted by Gasteiger charge is 2.25. The molecule has 1 aromatic carbocycles. The maximum absolute atomic E-state index is 5.98. The minimum absolute atomic E-state index is 0.136. The van der Waals surface area contributed by atoms with Gasteiger partial charge in [0.15, 0.2) is 5.65 Å². The van der Waals surface area contributed by atoms with Crippen molar-refractivity contribution in [1.82, 2.24) is 19.7 Å². The van der Waals surface area contributed by atoms with Crippen molar-refractivity contribution in [2.45, 2.75) is 26.1 Å². The number of aromatic nitrogens is 4. The van der Waals surface area contributed by atoms with Crippen molar-refractivity contribution in [3.63, 3.8) is 0 Å². The van der Waals surface area contributed by atoms with Gasteiger partial charge in [0.25, 0.3) is 0 Å². The van der Waals surface area contributed by atoms with Crippen molar-refractivity contribution in [1.29, 1.82) is 0 Å². The minimum atomic E-state index is 0.136. The van der Waals surface area contributed by atoms with Crippen LogP contribution in [0.1, 0.15) is 13.8 Å². The van der Waals surface area contributed by atoms with Crippen LogP contribution in [0.2, 0.25) is 5.02 Å². The molecule has 0 radical (unpaired) electrons. The first-order valence-corrected chi connectivity index (χ1v) is 9.00. The average molecular weight is 373 g/mol. The van der Waals surface area contributed by atoms with Gasteiger partial charge in [-0.3, -0.25) is 4.68 Å². The number of rotatable bonds is 3. The molecule has 26 heavy (non-hydrogen) atoms. The van der Waals surface area contributed by atoms with E-state index in [4.69, 9.17) is 26.3 Å². The molecule has 3 aromatic rings. The summed E-state index contributed by atoms with van der Waals surface area (Å²) in [5.74, 6) is 1.41. The highest BCUT2D eigenvalue weighted by atomic mass is 35.5. The number of aryl methyl sites for hydroxylation is 1. The molecule has 2 aromatic heterocycles. The van der Waals surface area contributed by atoms with Gasteiger partial charge in [0.1, 0.15) is 5.82 Å². The minimum Gasteiger partial charge on any atom is -0.372 e. The Kier molecular flexibility index (Phi) is 4.42. The smallest absolute Gasteiger partial charge is 0.229 e. The lowest BCUT2D eigenvalue weighted by Crippen LogP contribution is -2.46. The first-order valence-electron chi connectivity index (χ1n) is 8.62. The van der Waals surface area contributed by atoms with Gasteiger partial charge in [0.05, 0.1) is 23.8 Å². The van der Waals surface area contributed by atoms with Gasteiger partial charge in [-0.15, -0.1) is 0 Å².